The van der Waals surface area contributed by atoms with Crippen molar-refractivity contribution in [3.63, 3.8) is 0 Å². The molecule has 0 radical (unpaired) electrons. The molecule has 1 aromatic carbocycles. The number of thioether (sulfide) groups is 1. The van der Waals surface area contributed by atoms with Crippen LogP contribution in [0.25, 0.3) is 0 Å². The van der Waals surface area contributed by atoms with Gasteiger partial charge in [0, 0.05) is 5.75 Å². The maximum Gasteiger partial charge on any atom is 0.408 e. The molecule has 8 heteroatoms. The van der Waals surface area contributed by atoms with E-state index in [0.717, 1.165) is 17.3 Å². The molecular formula is C13H15NO6S. The third kappa shape index (κ3) is 7.21. The average Bonchev–Trinajstić information content (AvgIpc) is 2.44. The fourth-order valence-corrected chi connectivity index (χ4v) is 2.10. The number of carbonyl (C=O) groups excluding carboxylic acids is 1. The van der Waals surface area contributed by atoms with E-state index in [4.69, 9.17) is 14.9 Å². The van der Waals surface area contributed by atoms with Crippen LogP contribution in [0.5, 0.6) is 0 Å². The molecule has 0 fully saturated rings. The van der Waals surface area contributed by atoms with Gasteiger partial charge in [0.15, 0.2) is 0 Å². The summed E-state index contributed by atoms with van der Waals surface area (Å²) in [5.74, 6) is -2.58. The molecule has 0 aliphatic heterocycles. The van der Waals surface area contributed by atoms with Gasteiger partial charge in [-0.05, 0) is 5.56 Å². The number of hydrogen-bond acceptors (Lipinski definition) is 5. The van der Waals surface area contributed by atoms with Gasteiger partial charge in [-0.15, -0.1) is 11.8 Å². The first-order valence-electron chi connectivity index (χ1n) is 5.98. The highest BCUT2D eigenvalue weighted by atomic mass is 32.2. The van der Waals surface area contributed by atoms with Gasteiger partial charge in [-0.25, -0.2) is 9.59 Å². The fourth-order valence-electron chi connectivity index (χ4n) is 1.35. The van der Waals surface area contributed by atoms with Crippen molar-refractivity contribution in [2.45, 2.75) is 12.6 Å². The zero-order valence-electron chi connectivity index (χ0n) is 11.0. The molecule has 0 aliphatic rings. The molecular weight excluding hydrogens is 298 g/mol. The molecule has 21 heavy (non-hydrogen) atoms. The molecule has 0 spiro atoms. The van der Waals surface area contributed by atoms with Crippen LogP contribution in [0.15, 0.2) is 30.3 Å². The Hall–Kier alpha value is -2.22. The van der Waals surface area contributed by atoms with E-state index >= 15 is 0 Å². The van der Waals surface area contributed by atoms with Crippen LogP contribution in [0.3, 0.4) is 0 Å². The monoisotopic (exact) mass is 313 g/mol. The summed E-state index contributed by atoms with van der Waals surface area (Å²) in [5, 5.41) is 19.6. The zero-order chi connectivity index (χ0) is 15.7. The second-order valence-electron chi connectivity index (χ2n) is 4.01. The Balaban J connectivity index is 2.38. The molecule has 1 amide bonds. The van der Waals surface area contributed by atoms with E-state index in [1.807, 2.05) is 6.07 Å². The van der Waals surface area contributed by atoms with E-state index in [2.05, 4.69) is 5.32 Å². The van der Waals surface area contributed by atoms with Crippen LogP contribution in [0.2, 0.25) is 0 Å². The summed E-state index contributed by atoms with van der Waals surface area (Å²) in [5.41, 5.74) is 0.778. The molecule has 0 saturated heterocycles. The van der Waals surface area contributed by atoms with Gasteiger partial charge in [0.05, 0.1) is 5.75 Å². The first kappa shape index (κ1) is 16.8. The third-order valence-corrected chi connectivity index (χ3v) is 3.33. The number of alkyl carbamates (subject to hydrolysis) is 1. The number of carboxylic acid groups (broad SMARTS) is 2. The third-order valence-electron chi connectivity index (χ3n) is 2.31. The summed E-state index contributed by atoms with van der Waals surface area (Å²) < 4.78 is 4.90. The number of carbonyl (C=O) groups is 3. The van der Waals surface area contributed by atoms with E-state index in [9.17, 15) is 14.4 Å². The lowest BCUT2D eigenvalue weighted by Gasteiger charge is -2.13. The Morgan fingerprint density at radius 3 is 2.43 bits per heavy atom. The molecule has 1 aromatic rings. The first-order valence-corrected chi connectivity index (χ1v) is 7.14. The number of hydrogen-bond donors (Lipinski definition) is 3. The van der Waals surface area contributed by atoms with Crippen LogP contribution in [0.1, 0.15) is 5.56 Å². The van der Waals surface area contributed by atoms with Crippen LogP contribution >= 0.6 is 11.8 Å². The largest absolute Gasteiger partial charge is 0.481 e. The molecule has 0 aromatic heterocycles. The predicted molar refractivity (Wildman–Crippen MR) is 76.1 cm³/mol. The maximum atomic E-state index is 11.5. The summed E-state index contributed by atoms with van der Waals surface area (Å²) >= 11 is 0.904. The summed E-state index contributed by atoms with van der Waals surface area (Å²) in [6.45, 7) is 0.0290. The van der Waals surface area contributed by atoms with E-state index in [0.29, 0.717) is 0 Å². The molecule has 0 heterocycles. The minimum Gasteiger partial charge on any atom is -0.481 e. The van der Waals surface area contributed by atoms with Gasteiger partial charge in [-0.2, -0.15) is 0 Å². The topological polar surface area (TPSA) is 113 Å². The molecule has 1 unspecified atom stereocenters. The van der Waals surface area contributed by atoms with Crippen molar-refractivity contribution < 1.29 is 29.3 Å². The molecule has 1 rings (SSSR count). The number of aliphatic carboxylic acids is 2. The van der Waals surface area contributed by atoms with Gasteiger partial charge < -0.3 is 20.3 Å². The van der Waals surface area contributed by atoms with Crippen molar-refractivity contribution in [3.8, 4) is 0 Å². The standard InChI is InChI=1S/C13H15NO6S/c15-11(16)8-21-7-10(12(17)18)14-13(19)20-6-9-4-2-1-3-5-9/h1-5,10H,6-8H2,(H,14,19)(H,15,16)(H,17,18). The van der Waals surface area contributed by atoms with E-state index in [1.54, 1.807) is 24.3 Å². The summed E-state index contributed by atoms with van der Waals surface area (Å²) in [6.07, 6.45) is -0.859. The SMILES string of the molecule is O=C(O)CSCC(NC(=O)OCc1ccccc1)C(=O)O. The van der Waals surface area contributed by atoms with E-state index in [1.165, 1.54) is 0 Å². The smallest absolute Gasteiger partial charge is 0.408 e. The minimum atomic E-state index is -1.25. The number of nitrogens with one attached hydrogen (secondary N) is 1. The van der Waals surface area contributed by atoms with Gasteiger partial charge in [0.2, 0.25) is 0 Å². The number of rotatable bonds is 8. The highest BCUT2D eigenvalue weighted by molar-refractivity contribution is 8.00. The van der Waals surface area contributed by atoms with Crippen LogP contribution in [0, 0.1) is 0 Å². The predicted octanol–water partition coefficient (Wildman–Crippen LogP) is 1.18. The Kier molecular flexibility index (Phi) is 7.10. The van der Waals surface area contributed by atoms with Crippen molar-refractivity contribution in [2.24, 2.45) is 0 Å². The quantitative estimate of drug-likeness (QED) is 0.660. The molecule has 0 aliphatic carbocycles. The highest BCUT2D eigenvalue weighted by Crippen LogP contribution is 2.05. The normalized spacial score (nSPS) is 11.4. The number of ether oxygens (including phenoxy) is 1. The second-order valence-corrected chi connectivity index (χ2v) is 5.04. The maximum absolute atomic E-state index is 11.5. The van der Waals surface area contributed by atoms with Crippen molar-refractivity contribution in [2.75, 3.05) is 11.5 Å². The van der Waals surface area contributed by atoms with Gasteiger partial charge >= 0.3 is 18.0 Å². The van der Waals surface area contributed by atoms with E-state index < -0.39 is 24.1 Å². The summed E-state index contributed by atoms with van der Waals surface area (Å²) in [7, 11) is 0. The van der Waals surface area contributed by atoms with Crippen LogP contribution in [0.4, 0.5) is 4.79 Å². The van der Waals surface area contributed by atoms with Crippen LogP contribution in [-0.4, -0.2) is 45.8 Å². The molecule has 0 bridgehead atoms. The summed E-state index contributed by atoms with van der Waals surface area (Å²) in [6, 6.07) is 7.75. The van der Waals surface area contributed by atoms with Gasteiger partial charge in [-0.1, -0.05) is 30.3 Å². The van der Waals surface area contributed by atoms with Gasteiger partial charge in [0.25, 0.3) is 0 Å². The number of carboxylic acids is 2. The Morgan fingerprint density at radius 1 is 1.19 bits per heavy atom. The van der Waals surface area contributed by atoms with Crippen LogP contribution in [-0.2, 0) is 20.9 Å². The van der Waals surface area contributed by atoms with Crippen molar-refractivity contribution in [1.29, 1.82) is 0 Å². The zero-order valence-corrected chi connectivity index (χ0v) is 11.8. The Labute approximate surface area is 125 Å². The average molecular weight is 313 g/mol. The molecule has 1 atom stereocenters. The Bertz CT molecular complexity index is 493. The Morgan fingerprint density at radius 2 is 1.86 bits per heavy atom. The second kappa shape index (κ2) is 8.85. The minimum absolute atomic E-state index is 0.0290. The fraction of sp³-hybridized carbons (Fsp3) is 0.308. The number of benzene rings is 1. The lowest BCUT2D eigenvalue weighted by molar-refractivity contribution is -0.139. The van der Waals surface area contributed by atoms with Gasteiger partial charge in [-0.3, -0.25) is 4.79 Å². The van der Waals surface area contributed by atoms with E-state index in [-0.39, 0.29) is 18.1 Å². The van der Waals surface area contributed by atoms with Crippen molar-refractivity contribution in [3.05, 3.63) is 35.9 Å². The van der Waals surface area contributed by atoms with Crippen molar-refractivity contribution in [1.82, 2.24) is 5.32 Å². The molecule has 114 valence electrons. The van der Waals surface area contributed by atoms with Gasteiger partial charge in [0.1, 0.15) is 12.6 Å². The summed E-state index contributed by atoms with van der Waals surface area (Å²) in [4.78, 5) is 32.8. The number of amides is 1. The first-order chi connectivity index (χ1) is 9.99. The molecule has 3 N–H and O–H groups in total. The van der Waals surface area contributed by atoms with Crippen molar-refractivity contribution >= 4 is 29.8 Å². The lowest BCUT2D eigenvalue weighted by Crippen LogP contribution is -2.43. The lowest BCUT2D eigenvalue weighted by atomic mass is 10.2. The van der Waals surface area contributed by atoms with Crippen LogP contribution < -0.4 is 5.32 Å². The highest BCUT2D eigenvalue weighted by Gasteiger charge is 2.21. The molecule has 0 saturated carbocycles. The molecule has 7 nitrogen and oxygen atoms in total.